The second-order valence-electron chi connectivity index (χ2n) is 7.12. The van der Waals surface area contributed by atoms with Crippen molar-refractivity contribution in [3.63, 3.8) is 0 Å². The summed E-state index contributed by atoms with van der Waals surface area (Å²) in [5.74, 6) is 2.48. The van der Waals surface area contributed by atoms with Crippen LogP contribution in [0.15, 0.2) is 23.6 Å². The van der Waals surface area contributed by atoms with Crippen LogP contribution in [0.4, 0.5) is 5.13 Å². The van der Waals surface area contributed by atoms with Gasteiger partial charge in [-0.1, -0.05) is 0 Å². The van der Waals surface area contributed by atoms with E-state index >= 15 is 0 Å². The van der Waals surface area contributed by atoms with Crippen molar-refractivity contribution >= 4 is 22.4 Å². The van der Waals surface area contributed by atoms with Crippen LogP contribution < -0.4 is 19.5 Å². The average Bonchev–Trinajstić information content (AvgIpc) is 3.34. The smallest absolute Gasteiger partial charge is 0.231 e. The second kappa shape index (κ2) is 8.79. The number of hydrogen-bond donors (Lipinski definition) is 1. The number of hydrogen-bond acceptors (Lipinski definition) is 7. The first-order valence-electron chi connectivity index (χ1n) is 9.65. The minimum atomic E-state index is 0.0744. The number of ether oxygens (including phenoxy) is 3. The van der Waals surface area contributed by atoms with E-state index in [1.807, 2.05) is 30.5 Å². The van der Waals surface area contributed by atoms with Gasteiger partial charge in [-0.3, -0.25) is 4.79 Å². The maximum absolute atomic E-state index is 12.4. The number of anilines is 1. The molecule has 150 valence electrons. The number of thiazole rings is 1. The Hall–Kier alpha value is -2.32. The van der Waals surface area contributed by atoms with Crippen molar-refractivity contribution in [2.75, 3.05) is 38.4 Å². The van der Waals surface area contributed by atoms with Crippen molar-refractivity contribution in [1.29, 1.82) is 0 Å². The number of rotatable bonds is 7. The molecule has 2 aliphatic heterocycles. The number of aromatic nitrogens is 1. The van der Waals surface area contributed by atoms with E-state index in [1.165, 1.54) is 11.3 Å². The Kier molecular flexibility index (Phi) is 5.97. The first kappa shape index (κ1) is 19.0. The highest BCUT2D eigenvalue weighted by Gasteiger charge is 2.25. The molecule has 0 unspecified atom stereocenters. The molecule has 2 aromatic rings. The molecular weight excluding hydrogens is 378 g/mol. The van der Waals surface area contributed by atoms with Gasteiger partial charge in [-0.05, 0) is 51.4 Å². The molecule has 0 spiro atoms. The highest BCUT2D eigenvalue weighted by atomic mass is 32.1. The number of carbonyl (C=O) groups excluding carboxylic acids is 1. The lowest BCUT2D eigenvalue weighted by Crippen LogP contribution is -2.38. The standard InChI is InChI=1S/C20H25N3O4S/c1-14-12-28-20(21-14)22-19(24)15-5-8-23(9-6-15)7-2-10-25-16-3-4-17-18(11-16)27-13-26-17/h3-4,11-12,15H,2,5-10,13H2,1H3,(H,21,22,24). The fourth-order valence-corrected chi connectivity index (χ4v) is 4.17. The Morgan fingerprint density at radius 2 is 2.14 bits per heavy atom. The van der Waals surface area contributed by atoms with Gasteiger partial charge < -0.3 is 24.4 Å². The van der Waals surface area contributed by atoms with Gasteiger partial charge in [0.25, 0.3) is 0 Å². The third-order valence-corrected chi connectivity index (χ3v) is 5.91. The summed E-state index contributed by atoms with van der Waals surface area (Å²) in [7, 11) is 0. The summed E-state index contributed by atoms with van der Waals surface area (Å²) in [4.78, 5) is 19.1. The van der Waals surface area contributed by atoms with Crippen LogP contribution in [0.2, 0.25) is 0 Å². The van der Waals surface area contributed by atoms with Crippen molar-refractivity contribution in [2.24, 2.45) is 5.92 Å². The first-order valence-corrected chi connectivity index (χ1v) is 10.5. The molecule has 8 heteroatoms. The predicted molar refractivity (Wildman–Crippen MR) is 107 cm³/mol. The van der Waals surface area contributed by atoms with Gasteiger partial charge in [0.05, 0.1) is 12.3 Å². The number of carbonyl (C=O) groups is 1. The molecule has 1 amide bonds. The molecule has 2 aliphatic rings. The van der Waals surface area contributed by atoms with Crippen molar-refractivity contribution in [3.8, 4) is 17.2 Å². The molecule has 3 heterocycles. The topological polar surface area (TPSA) is 72.9 Å². The quantitative estimate of drug-likeness (QED) is 0.715. The van der Waals surface area contributed by atoms with Gasteiger partial charge in [0.2, 0.25) is 12.7 Å². The van der Waals surface area contributed by atoms with Crippen LogP contribution in [0.1, 0.15) is 25.0 Å². The SMILES string of the molecule is Cc1csc(NC(=O)C2CCN(CCCOc3ccc4c(c3)OCO4)CC2)n1. The second-order valence-corrected chi connectivity index (χ2v) is 7.97. The van der Waals surface area contributed by atoms with E-state index in [1.54, 1.807) is 0 Å². The summed E-state index contributed by atoms with van der Waals surface area (Å²) in [6.45, 7) is 5.73. The van der Waals surface area contributed by atoms with Gasteiger partial charge in [0.15, 0.2) is 16.6 Å². The van der Waals surface area contributed by atoms with E-state index in [2.05, 4.69) is 15.2 Å². The third-order valence-electron chi connectivity index (χ3n) is 5.04. The third kappa shape index (κ3) is 4.74. The summed E-state index contributed by atoms with van der Waals surface area (Å²) in [6.07, 6.45) is 2.72. The van der Waals surface area contributed by atoms with Crippen LogP contribution in [0.3, 0.4) is 0 Å². The molecule has 7 nitrogen and oxygen atoms in total. The number of aryl methyl sites for hydroxylation is 1. The zero-order valence-corrected chi connectivity index (χ0v) is 16.8. The van der Waals surface area contributed by atoms with E-state index in [0.29, 0.717) is 11.7 Å². The monoisotopic (exact) mass is 403 g/mol. The van der Waals surface area contributed by atoms with E-state index in [0.717, 1.165) is 61.8 Å². The van der Waals surface area contributed by atoms with Gasteiger partial charge in [-0.25, -0.2) is 4.98 Å². The zero-order chi connectivity index (χ0) is 19.3. The molecule has 0 saturated carbocycles. The van der Waals surface area contributed by atoms with Crippen LogP contribution in [0, 0.1) is 12.8 Å². The Bertz CT molecular complexity index is 818. The molecule has 1 saturated heterocycles. The number of benzene rings is 1. The highest BCUT2D eigenvalue weighted by molar-refractivity contribution is 7.13. The van der Waals surface area contributed by atoms with E-state index in [4.69, 9.17) is 14.2 Å². The molecule has 1 fully saturated rings. The minimum Gasteiger partial charge on any atom is -0.493 e. The molecular formula is C20H25N3O4S. The molecule has 0 atom stereocenters. The summed E-state index contributed by atoms with van der Waals surface area (Å²) in [5, 5.41) is 5.59. The lowest BCUT2D eigenvalue weighted by molar-refractivity contribution is -0.121. The van der Waals surface area contributed by atoms with Crippen molar-refractivity contribution < 1.29 is 19.0 Å². The molecule has 0 aliphatic carbocycles. The van der Waals surface area contributed by atoms with Crippen molar-refractivity contribution in [2.45, 2.75) is 26.2 Å². The summed E-state index contributed by atoms with van der Waals surface area (Å²) in [6, 6.07) is 5.65. The van der Waals surface area contributed by atoms with Crippen molar-refractivity contribution in [3.05, 3.63) is 29.3 Å². The highest BCUT2D eigenvalue weighted by Crippen LogP contribution is 2.35. The fourth-order valence-electron chi connectivity index (χ4n) is 3.48. The van der Waals surface area contributed by atoms with Gasteiger partial charge in [0, 0.05) is 23.9 Å². The Labute approximate surface area is 168 Å². The number of fused-ring (bicyclic) bond motifs is 1. The molecule has 0 bridgehead atoms. The lowest BCUT2D eigenvalue weighted by Gasteiger charge is -2.31. The predicted octanol–water partition coefficient (Wildman–Crippen LogP) is 3.30. The molecule has 1 N–H and O–H groups in total. The first-order chi connectivity index (χ1) is 13.7. The van der Waals surface area contributed by atoms with Crippen LogP contribution in [0.5, 0.6) is 17.2 Å². The molecule has 4 rings (SSSR count). The number of nitrogens with zero attached hydrogens (tertiary/aromatic N) is 2. The molecule has 1 aromatic heterocycles. The Morgan fingerprint density at radius 3 is 2.93 bits per heavy atom. The molecule has 28 heavy (non-hydrogen) atoms. The summed E-state index contributed by atoms with van der Waals surface area (Å²) >= 11 is 1.48. The maximum Gasteiger partial charge on any atom is 0.231 e. The number of piperidine rings is 1. The van der Waals surface area contributed by atoms with Crippen LogP contribution in [0.25, 0.3) is 0 Å². The van der Waals surface area contributed by atoms with Crippen LogP contribution in [-0.4, -0.2) is 48.8 Å². The Morgan fingerprint density at radius 1 is 1.32 bits per heavy atom. The minimum absolute atomic E-state index is 0.0744. The number of amides is 1. The van der Waals surface area contributed by atoms with E-state index < -0.39 is 0 Å². The van der Waals surface area contributed by atoms with Crippen LogP contribution in [-0.2, 0) is 4.79 Å². The van der Waals surface area contributed by atoms with Gasteiger partial charge >= 0.3 is 0 Å². The zero-order valence-electron chi connectivity index (χ0n) is 16.0. The van der Waals surface area contributed by atoms with E-state index in [9.17, 15) is 4.79 Å². The maximum atomic E-state index is 12.4. The summed E-state index contributed by atoms with van der Waals surface area (Å²) in [5.41, 5.74) is 0.943. The van der Waals surface area contributed by atoms with Crippen molar-refractivity contribution in [1.82, 2.24) is 9.88 Å². The van der Waals surface area contributed by atoms with Crippen LogP contribution >= 0.6 is 11.3 Å². The lowest BCUT2D eigenvalue weighted by atomic mass is 9.96. The fraction of sp³-hybridized carbons (Fsp3) is 0.500. The van der Waals surface area contributed by atoms with Gasteiger partial charge in [0.1, 0.15) is 5.75 Å². The average molecular weight is 404 g/mol. The number of nitrogens with one attached hydrogen (secondary N) is 1. The normalized spacial score (nSPS) is 16.9. The molecule has 1 aromatic carbocycles. The largest absolute Gasteiger partial charge is 0.493 e. The number of likely N-dealkylation sites (tertiary alicyclic amines) is 1. The molecule has 0 radical (unpaired) electrons. The van der Waals surface area contributed by atoms with Gasteiger partial charge in [-0.15, -0.1) is 11.3 Å². The summed E-state index contributed by atoms with van der Waals surface area (Å²) < 4.78 is 16.5. The van der Waals surface area contributed by atoms with E-state index in [-0.39, 0.29) is 18.6 Å². The Balaban J connectivity index is 1.13. The van der Waals surface area contributed by atoms with Gasteiger partial charge in [-0.2, -0.15) is 0 Å².